The van der Waals surface area contributed by atoms with Crippen LogP contribution in [0.2, 0.25) is 0 Å². The van der Waals surface area contributed by atoms with Crippen molar-refractivity contribution >= 4 is 46.3 Å². The lowest BCUT2D eigenvalue weighted by Crippen LogP contribution is -2.11. The van der Waals surface area contributed by atoms with Crippen LogP contribution in [-0.4, -0.2) is 0 Å². The van der Waals surface area contributed by atoms with Crippen molar-refractivity contribution in [1.82, 2.24) is 0 Å². The quantitative estimate of drug-likeness (QED) is 0.106. The summed E-state index contributed by atoms with van der Waals surface area (Å²) in [5, 5.41) is 0. The summed E-state index contributed by atoms with van der Waals surface area (Å²) in [6, 6.07) is 71.9. The molecule has 2 heteroatoms. The van der Waals surface area contributed by atoms with Gasteiger partial charge in [-0.3, -0.25) is 0 Å². The summed E-state index contributed by atoms with van der Waals surface area (Å²) < 4.78 is 0. The van der Waals surface area contributed by atoms with Gasteiger partial charge in [-0.05, 0) is 196 Å². The van der Waals surface area contributed by atoms with Gasteiger partial charge in [0.1, 0.15) is 0 Å². The standard InChI is InChI=1S/C66H62N2/c1-45-9-19-55(49(5)41-45)21-13-53-15-31-61(32-16-53)67(65-39-11-47(3)43-51(65)7)63-35-27-59(28-36-63)57-23-25-58(26-24-57)60-29-37-64(38-30-60)68(66-40-12-48(4)44-52(66)8)62-33-17-54(18-34-62)14-22-56-20-10-46(2)42-50(56)6/h9-13,15-21,23-44H,14,22H2,1-8H3/b21-13+. The largest absolute Gasteiger partial charge is 0.310 e. The lowest BCUT2D eigenvalue weighted by atomic mass is 9.98. The Balaban J connectivity index is 0.932. The maximum Gasteiger partial charge on any atom is 0.0490 e. The van der Waals surface area contributed by atoms with E-state index in [-0.39, 0.29) is 0 Å². The summed E-state index contributed by atoms with van der Waals surface area (Å²) in [6.07, 6.45) is 6.47. The average molecular weight is 883 g/mol. The minimum atomic E-state index is 1.02. The summed E-state index contributed by atoms with van der Waals surface area (Å²) >= 11 is 0. The van der Waals surface area contributed by atoms with Crippen LogP contribution in [0.4, 0.5) is 34.1 Å². The van der Waals surface area contributed by atoms with Gasteiger partial charge in [0.05, 0.1) is 0 Å². The van der Waals surface area contributed by atoms with E-state index < -0.39 is 0 Å². The second kappa shape index (κ2) is 20.0. The van der Waals surface area contributed by atoms with Crippen LogP contribution >= 0.6 is 0 Å². The summed E-state index contributed by atoms with van der Waals surface area (Å²) in [6.45, 7) is 17.4. The molecule has 0 bridgehead atoms. The number of anilines is 6. The highest BCUT2D eigenvalue weighted by molar-refractivity contribution is 5.83. The highest BCUT2D eigenvalue weighted by Crippen LogP contribution is 2.40. The third-order valence-corrected chi connectivity index (χ3v) is 13.4. The predicted octanol–water partition coefficient (Wildman–Crippen LogP) is 18.4. The van der Waals surface area contributed by atoms with Crippen LogP contribution in [0.15, 0.2) is 194 Å². The third kappa shape index (κ3) is 10.3. The minimum absolute atomic E-state index is 1.02. The first-order valence-corrected chi connectivity index (χ1v) is 24.0. The molecule has 0 aliphatic carbocycles. The highest BCUT2D eigenvalue weighted by Gasteiger charge is 2.17. The zero-order valence-corrected chi connectivity index (χ0v) is 40.9. The van der Waals surface area contributed by atoms with E-state index in [4.69, 9.17) is 0 Å². The smallest absolute Gasteiger partial charge is 0.0490 e. The molecule has 0 fully saturated rings. The van der Waals surface area contributed by atoms with Gasteiger partial charge in [-0.2, -0.15) is 0 Å². The van der Waals surface area contributed by atoms with Crippen molar-refractivity contribution in [2.45, 2.75) is 68.2 Å². The van der Waals surface area contributed by atoms with Crippen molar-refractivity contribution in [3.05, 3.63) is 261 Å². The molecule has 68 heavy (non-hydrogen) atoms. The van der Waals surface area contributed by atoms with E-state index in [9.17, 15) is 0 Å². The van der Waals surface area contributed by atoms with Crippen molar-refractivity contribution in [3.8, 4) is 22.3 Å². The Morgan fingerprint density at radius 1 is 0.309 bits per heavy atom. The SMILES string of the molecule is Cc1ccc(/C=C/c2ccc(N(c3ccc(-c4ccc(-c5ccc(N(c6ccc(CCc7ccc(C)cc7C)cc6)c6ccc(C)cc6C)cc5)cc4)cc3)c3ccc(C)cc3C)cc2)c(C)c1. The Morgan fingerprint density at radius 2 is 0.676 bits per heavy atom. The fourth-order valence-corrected chi connectivity index (χ4v) is 9.58. The normalized spacial score (nSPS) is 11.3. The van der Waals surface area contributed by atoms with E-state index in [0.29, 0.717) is 0 Å². The van der Waals surface area contributed by atoms with Gasteiger partial charge in [-0.15, -0.1) is 0 Å². The van der Waals surface area contributed by atoms with E-state index in [0.717, 1.165) is 35.6 Å². The second-order valence-corrected chi connectivity index (χ2v) is 18.8. The minimum Gasteiger partial charge on any atom is -0.310 e. The van der Waals surface area contributed by atoms with Crippen LogP contribution < -0.4 is 9.80 Å². The number of hydrogen-bond donors (Lipinski definition) is 0. The molecule has 0 radical (unpaired) electrons. The van der Waals surface area contributed by atoms with Crippen molar-refractivity contribution in [2.75, 3.05) is 9.80 Å². The van der Waals surface area contributed by atoms with Gasteiger partial charge in [0, 0.05) is 34.1 Å². The molecular weight excluding hydrogens is 821 g/mol. The number of benzene rings is 9. The first-order chi connectivity index (χ1) is 32.9. The van der Waals surface area contributed by atoms with Crippen LogP contribution in [0.25, 0.3) is 34.4 Å². The molecule has 0 atom stereocenters. The van der Waals surface area contributed by atoms with Gasteiger partial charge < -0.3 is 9.80 Å². The third-order valence-electron chi connectivity index (χ3n) is 13.4. The van der Waals surface area contributed by atoms with Gasteiger partial charge in [-0.25, -0.2) is 0 Å². The van der Waals surface area contributed by atoms with E-state index in [2.05, 4.69) is 271 Å². The molecule has 0 saturated carbocycles. The molecule has 0 spiro atoms. The maximum atomic E-state index is 2.39. The van der Waals surface area contributed by atoms with E-state index >= 15 is 0 Å². The first-order valence-electron chi connectivity index (χ1n) is 24.0. The molecule has 0 saturated heterocycles. The van der Waals surface area contributed by atoms with Crippen molar-refractivity contribution in [2.24, 2.45) is 0 Å². The molecule has 0 unspecified atom stereocenters. The van der Waals surface area contributed by atoms with E-state index in [1.54, 1.807) is 0 Å². The van der Waals surface area contributed by atoms with Gasteiger partial charge in [-0.1, -0.05) is 168 Å². The molecule has 0 aliphatic rings. The van der Waals surface area contributed by atoms with Gasteiger partial charge in [0.25, 0.3) is 0 Å². The van der Waals surface area contributed by atoms with Crippen LogP contribution in [0.3, 0.4) is 0 Å². The number of aryl methyl sites for hydroxylation is 10. The Bertz CT molecular complexity index is 3210. The first kappa shape index (κ1) is 45.5. The number of rotatable bonds is 13. The number of nitrogens with zero attached hydrogens (tertiary/aromatic N) is 2. The Hall–Kier alpha value is -7.68. The lowest BCUT2D eigenvalue weighted by molar-refractivity contribution is 0.947. The molecule has 0 amide bonds. The monoisotopic (exact) mass is 882 g/mol. The van der Waals surface area contributed by atoms with Crippen molar-refractivity contribution < 1.29 is 0 Å². The van der Waals surface area contributed by atoms with E-state index in [1.807, 2.05) is 0 Å². The van der Waals surface area contributed by atoms with Crippen molar-refractivity contribution in [1.29, 1.82) is 0 Å². The molecule has 0 aromatic heterocycles. The average Bonchev–Trinajstić information content (AvgIpc) is 3.34. The Labute approximate surface area is 405 Å². The summed E-state index contributed by atoms with van der Waals surface area (Å²) in [4.78, 5) is 4.76. The van der Waals surface area contributed by atoms with Crippen molar-refractivity contribution in [3.63, 3.8) is 0 Å². The lowest BCUT2D eigenvalue weighted by Gasteiger charge is -2.27. The second-order valence-electron chi connectivity index (χ2n) is 18.8. The summed E-state index contributed by atoms with van der Waals surface area (Å²) in [5.41, 5.74) is 27.1. The fraction of sp³-hybridized carbons (Fsp3) is 0.152. The molecule has 0 heterocycles. The number of hydrogen-bond acceptors (Lipinski definition) is 2. The highest BCUT2D eigenvalue weighted by atomic mass is 15.1. The molecule has 0 N–H and O–H groups in total. The van der Waals surface area contributed by atoms with Crippen LogP contribution in [0.5, 0.6) is 0 Å². The fourth-order valence-electron chi connectivity index (χ4n) is 9.58. The molecule has 2 nitrogen and oxygen atoms in total. The maximum absolute atomic E-state index is 2.39. The Kier molecular flexibility index (Phi) is 13.4. The van der Waals surface area contributed by atoms with E-state index in [1.165, 1.54) is 100 Å². The van der Waals surface area contributed by atoms with Crippen LogP contribution in [-0.2, 0) is 12.8 Å². The molecule has 9 rings (SSSR count). The van der Waals surface area contributed by atoms with Gasteiger partial charge in [0.15, 0.2) is 0 Å². The van der Waals surface area contributed by atoms with Crippen LogP contribution in [0, 0.1) is 55.4 Å². The zero-order valence-electron chi connectivity index (χ0n) is 40.9. The molecule has 9 aromatic carbocycles. The molecule has 0 aliphatic heterocycles. The topological polar surface area (TPSA) is 6.48 Å². The zero-order chi connectivity index (χ0) is 47.3. The molecule has 336 valence electrons. The molecule has 9 aromatic rings. The van der Waals surface area contributed by atoms with Crippen LogP contribution in [0.1, 0.15) is 66.8 Å². The molecular formula is C66H62N2. The summed E-state index contributed by atoms with van der Waals surface area (Å²) in [5.74, 6) is 0. The predicted molar refractivity (Wildman–Crippen MR) is 294 cm³/mol. The Morgan fingerprint density at radius 3 is 1.10 bits per heavy atom. The summed E-state index contributed by atoms with van der Waals surface area (Å²) in [7, 11) is 0. The van der Waals surface area contributed by atoms with Gasteiger partial charge >= 0.3 is 0 Å². The van der Waals surface area contributed by atoms with Gasteiger partial charge in [0.2, 0.25) is 0 Å².